The van der Waals surface area contributed by atoms with Crippen molar-refractivity contribution in [3.63, 3.8) is 0 Å². The smallest absolute Gasteiger partial charge is 0.252 e. The van der Waals surface area contributed by atoms with E-state index in [1.165, 1.54) is 12.0 Å². The Morgan fingerprint density at radius 3 is 2.53 bits per heavy atom. The number of rotatable bonds is 3. The van der Waals surface area contributed by atoms with Gasteiger partial charge in [0.15, 0.2) is 0 Å². The van der Waals surface area contributed by atoms with Crippen molar-refractivity contribution in [1.29, 1.82) is 0 Å². The van der Waals surface area contributed by atoms with Crippen molar-refractivity contribution in [2.45, 2.75) is 51.5 Å². The molecule has 0 saturated heterocycles. The van der Waals surface area contributed by atoms with E-state index in [2.05, 4.69) is 5.32 Å². The first-order chi connectivity index (χ1) is 9.06. The maximum absolute atomic E-state index is 12.4. The number of nitrogens with one attached hydrogen (secondary N) is 1. The van der Waals surface area contributed by atoms with Gasteiger partial charge in [0, 0.05) is 12.1 Å². The van der Waals surface area contributed by atoms with Crippen molar-refractivity contribution in [3.8, 4) is 0 Å². The van der Waals surface area contributed by atoms with Crippen LogP contribution in [0.1, 0.15) is 53.6 Å². The first-order valence-corrected chi connectivity index (χ1v) is 7.16. The van der Waals surface area contributed by atoms with E-state index in [1.54, 1.807) is 0 Å². The van der Waals surface area contributed by atoms with E-state index >= 15 is 0 Å². The first-order valence-electron chi connectivity index (χ1n) is 7.16. The number of carbonyl (C=O) groups excluding carboxylic acids is 1. The van der Waals surface area contributed by atoms with E-state index in [0.717, 1.165) is 36.8 Å². The van der Waals surface area contributed by atoms with Crippen molar-refractivity contribution in [2.75, 3.05) is 6.54 Å². The largest absolute Gasteiger partial charge is 0.345 e. The lowest BCUT2D eigenvalue weighted by Crippen LogP contribution is -2.54. The van der Waals surface area contributed by atoms with Crippen molar-refractivity contribution in [3.05, 3.63) is 34.9 Å². The summed E-state index contributed by atoms with van der Waals surface area (Å²) in [7, 11) is 0. The van der Waals surface area contributed by atoms with Crippen LogP contribution >= 0.6 is 0 Å². The van der Waals surface area contributed by atoms with Gasteiger partial charge < -0.3 is 11.1 Å². The first kappa shape index (κ1) is 14.1. The molecule has 1 aromatic carbocycles. The number of nitrogens with two attached hydrogens (primary N) is 1. The van der Waals surface area contributed by atoms with Crippen LogP contribution in [0, 0.1) is 13.8 Å². The van der Waals surface area contributed by atoms with E-state index in [9.17, 15) is 4.79 Å². The van der Waals surface area contributed by atoms with Gasteiger partial charge in [-0.15, -0.1) is 0 Å². The van der Waals surface area contributed by atoms with E-state index in [1.807, 2.05) is 32.0 Å². The lowest BCUT2D eigenvalue weighted by atomic mass is 9.81. The van der Waals surface area contributed by atoms with Gasteiger partial charge in [0.05, 0.1) is 5.54 Å². The van der Waals surface area contributed by atoms with Crippen LogP contribution in [-0.4, -0.2) is 18.0 Å². The summed E-state index contributed by atoms with van der Waals surface area (Å²) in [5.74, 6) is 0.0184. The summed E-state index contributed by atoms with van der Waals surface area (Å²) in [5, 5.41) is 3.19. The Bertz CT molecular complexity index is 462. The zero-order valence-corrected chi connectivity index (χ0v) is 12.0. The Hall–Kier alpha value is -1.35. The van der Waals surface area contributed by atoms with E-state index in [-0.39, 0.29) is 11.4 Å². The van der Waals surface area contributed by atoms with Crippen molar-refractivity contribution in [1.82, 2.24) is 5.32 Å². The van der Waals surface area contributed by atoms with Crippen molar-refractivity contribution in [2.24, 2.45) is 5.73 Å². The number of aryl methyl sites for hydroxylation is 2. The minimum atomic E-state index is -0.188. The van der Waals surface area contributed by atoms with Gasteiger partial charge in [-0.1, -0.05) is 37.0 Å². The lowest BCUT2D eigenvalue weighted by Gasteiger charge is -2.37. The summed E-state index contributed by atoms with van der Waals surface area (Å²) < 4.78 is 0. The van der Waals surface area contributed by atoms with Crippen LogP contribution in [0.25, 0.3) is 0 Å². The average molecular weight is 260 g/mol. The Balaban J connectivity index is 2.15. The molecule has 0 bridgehead atoms. The molecule has 3 nitrogen and oxygen atoms in total. The quantitative estimate of drug-likeness (QED) is 0.878. The van der Waals surface area contributed by atoms with Crippen LogP contribution in [0.5, 0.6) is 0 Å². The van der Waals surface area contributed by atoms with Crippen molar-refractivity contribution >= 4 is 5.91 Å². The summed E-state index contributed by atoms with van der Waals surface area (Å²) >= 11 is 0. The molecule has 2 rings (SSSR count). The molecule has 0 unspecified atom stereocenters. The molecule has 19 heavy (non-hydrogen) atoms. The fraction of sp³-hybridized carbons (Fsp3) is 0.562. The summed E-state index contributed by atoms with van der Waals surface area (Å²) in [4.78, 5) is 12.4. The SMILES string of the molecule is Cc1ccc(C(=O)NC2(CN)CCCCC2)c(C)c1. The zero-order valence-electron chi connectivity index (χ0n) is 12.0. The maximum Gasteiger partial charge on any atom is 0.252 e. The third kappa shape index (κ3) is 3.16. The molecule has 1 aliphatic rings. The zero-order chi connectivity index (χ0) is 13.9. The Labute approximate surface area is 115 Å². The van der Waals surface area contributed by atoms with Gasteiger partial charge in [-0.2, -0.15) is 0 Å². The third-order valence-electron chi connectivity index (χ3n) is 4.21. The van der Waals surface area contributed by atoms with Gasteiger partial charge in [0.2, 0.25) is 0 Å². The Kier molecular flexibility index (Phi) is 4.25. The molecule has 1 aromatic rings. The summed E-state index contributed by atoms with van der Waals surface area (Å²) in [5.41, 5.74) is 8.70. The molecule has 3 N–H and O–H groups in total. The molecule has 1 saturated carbocycles. The molecule has 0 atom stereocenters. The highest BCUT2D eigenvalue weighted by Crippen LogP contribution is 2.27. The van der Waals surface area contributed by atoms with Crippen molar-refractivity contribution < 1.29 is 4.79 Å². The molecular weight excluding hydrogens is 236 g/mol. The average Bonchev–Trinajstić information content (AvgIpc) is 2.39. The van der Waals surface area contributed by atoms with Crippen LogP contribution in [-0.2, 0) is 0 Å². The van der Waals surface area contributed by atoms with E-state index < -0.39 is 0 Å². The number of benzene rings is 1. The molecule has 0 aliphatic heterocycles. The van der Waals surface area contributed by atoms with Crippen LogP contribution in [0.4, 0.5) is 0 Å². The van der Waals surface area contributed by atoms with Gasteiger partial charge in [-0.05, 0) is 38.3 Å². The monoisotopic (exact) mass is 260 g/mol. The highest BCUT2D eigenvalue weighted by atomic mass is 16.1. The highest BCUT2D eigenvalue weighted by Gasteiger charge is 2.32. The summed E-state index contributed by atoms with van der Waals surface area (Å²) in [6.07, 6.45) is 5.57. The second kappa shape index (κ2) is 5.74. The number of carbonyl (C=O) groups is 1. The van der Waals surface area contributed by atoms with Crippen LogP contribution in [0.2, 0.25) is 0 Å². The van der Waals surface area contributed by atoms with Gasteiger partial charge >= 0.3 is 0 Å². The molecule has 1 amide bonds. The van der Waals surface area contributed by atoms with Gasteiger partial charge in [0.1, 0.15) is 0 Å². The fourth-order valence-electron chi connectivity index (χ4n) is 2.99. The molecule has 0 spiro atoms. The highest BCUT2D eigenvalue weighted by molar-refractivity contribution is 5.96. The van der Waals surface area contributed by atoms with Crippen LogP contribution in [0.15, 0.2) is 18.2 Å². The molecule has 3 heteroatoms. The standard InChI is InChI=1S/C16H24N2O/c1-12-6-7-14(13(2)10-12)15(19)18-16(11-17)8-4-3-5-9-16/h6-7,10H,3-5,8-9,11,17H2,1-2H3,(H,18,19). The maximum atomic E-state index is 12.4. The molecule has 1 fully saturated rings. The topological polar surface area (TPSA) is 55.1 Å². The van der Waals surface area contributed by atoms with E-state index in [0.29, 0.717) is 6.54 Å². The predicted molar refractivity (Wildman–Crippen MR) is 78.3 cm³/mol. The molecule has 0 radical (unpaired) electrons. The number of hydrogen-bond donors (Lipinski definition) is 2. The summed E-state index contributed by atoms with van der Waals surface area (Å²) in [6, 6.07) is 5.94. The Morgan fingerprint density at radius 1 is 1.26 bits per heavy atom. The number of hydrogen-bond acceptors (Lipinski definition) is 2. The fourth-order valence-corrected chi connectivity index (χ4v) is 2.99. The second-order valence-electron chi connectivity index (χ2n) is 5.82. The molecule has 0 aromatic heterocycles. The number of amides is 1. The lowest BCUT2D eigenvalue weighted by molar-refractivity contribution is 0.0874. The predicted octanol–water partition coefficient (Wildman–Crippen LogP) is 2.69. The molecule has 1 aliphatic carbocycles. The molecular formula is C16H24N2O. The van der Waals surface area contributed by atoms with Gasteiger partial charge in [0.25, 0.3) is 5.91 Å². The van der Waals surface area contributed by atoms with Gasteiger partial charge in [-0.3, -0.25) is 4.79 Å². The molecule has 0 heterocycles. The third-order valence-corrected chi connectivity index (χ3v) is 4.21. The molecule has 104 valence electrons. The second-order valence-corrected chi connectivity index (χ2v) is 5.82. The summed E-state index contributed by atoms with van der Waals surface area (Å²) in [6.45, 7) is 4.55. The van der Waals surface area contributed by atoms with E-state index in [4.69, 9.17) is 5.73 Å². The van der Waals surface area contributed by atoms with Crippen LogP contribution in [0.3, 0.4) is 0 Å². The minimum absolute atomic E-state index is 0.0184. The van der Waals surface area contributed by atoms with Gasteiger partial charge in [-0.25, -0.2) is 0 Å². The Morgan fingerprint density at radius 2 is 1.95 bits per heavy atom. The minimum Gasteiger partial charge on any atom is -0.345 e. The van der Waals surface area contributed by atoms with Crippen LogP contribution < -0.4 is 11.1 Å². The normalized spacial score (nSPS) is 18.1.